The highest BCUT2D eigenvalue weighted by atomic mass is 16.5. The first-order valence-electron chi connectivity index (χ1n) is 21.8. The molecule has 11 atom stereocenters. The maximum Gasteiger partial charge on any atom is 0.0862 e. The molecule has 0 bridgehead atoms. The minimum Gasteiger partial charge on any atom is -0.374 e. The Labute approximate surface area is 333 Å². The highest BCUT2D eigenvalue weighted by Crippen LogP contribution is 2.55. The number of nitrogens with one attached hydrogen (secondary N) is 3. The van der Waals surface area contributed by atoms with Gasteiger partial charge in [-0.2, -0.15) is 0 Å². The van der Waals surface area contributed by atoms with E-state index in [9.17, 15) is 0 Å². The maximum absolute atomic E-state index is 7.18. The van der Waals surface area contributed by atoms with Gasteiger partial charge < -0.3 is 9.64 Å². The highest BCUT2D eigenvalue weighted by Gasteiger charge is 2.51. The third-order valence-electron chi connectivity index (χ3n) is 15.0. The number of hydrogen-bond donors (Lipinski definition) is 3. The molecule has 286 valence electrons. The fraction of sp³-hybridized carbons (Fsp3) is 0.412. The molecule has 5 aromatic rings. The van der Waals surface area contributed by atoms with Crippen LogP contribution in [0.15, 0.2) is 140 Å². The maximum atomic E-state index is 7.18. The van der Waals surface area contributed by atoms with Gasteiger partial charge in [-0.3, -0.25) is 16.0 Å². The fourth-order valence-corrected chi connectivity index (χ4v) is 12.4. The van der Waals surface area contributed by atoms with E-state index in [2.05, 4.69) is 160 Å². The third kappa shape index (κ3) is 6.41. The average molecular weight is 741 g/mol. The van der Waals surface area contributed by atoms with Gasteiger partial charge in [0.25, 0.3) is 0 Å². The molecule has 5 nitrogen and oxygen atoms in total. The van der Waals surface area contributed by atoms with Crippen molar-refractivity contribution in [2.24, 2.45) is 17.8 Å². The number of hydrogen-bond acceptors (Lipinski definition) is 5. The standard InChI is InChI=1S/C51H56N4O/c1-4-13-33(14-5-1)37-25-28-46-44(30-37)41-21-10-11-22-45(41)55(46)40-20-12-19-36(29-40)38-23-26-42-43-27-24-39(32-48(43)56-47(42)31-38)51-53-49(34-15-6-2-7-16-34)52-50(54-51)35-17-8-3-9-18-35/h1-22,29,37-39,42-44,46-54H,23-28,30-32H2. The zero-order valence-electron chi connectivity index (χ0n) is 32.4. The van der Waals surface area contributed by atoms with Crippen molar-refractivity contribution in [1.82, 2.24) is 16.0 Å². The first-order chi connectivity index (χ1) is 27.7. The van der Waals surface area contributed by atoms with Gasteiger partial charge >= 0.3 is 0 Å². The lowest BCUT2D eigenvalue weighted by molar-refractivity contribution is -0.0172. The molecule has 0 radical (unpaired) electrons. The van der Waals surface area contributed by atoms with Crippen molar-refractivity contribution < 1.29 is 4.74 Å². The van der Waals surface area contributed by atoms with Crippen molar-refractivity contribution in [3.05, 3.63) is 167 Å². The summed E-state index contributed by atoms with van der Waals surface area (Å²) in [7, 11) is 0. The molecule has 3 aliphatic carbocycles. The molecular formula is C51H56N4O. The van der Waals surface area contributed by atoms with E-state index in [0.29, 0.717) is 53.8 Å². The van der Waals surface area contributed by atoms with E-state index in [1.807, 2.05) is 0 Å². The summed E-state index contributed by atoms with van der Waals surface area (Å²) in [6.07, 6.45) is 12.3. The van der Waals surface area contributed by atoms with Crippen molar-refractivity contribution >= 4 is 11.4 Å². The van der Waals surface area contributed by atoms with Gasteiger partial charge in [0.15, 0.2) is 0 Å². The van der Waals surface area contributed by atoms with Crippen LogP contribution in [0.1, 0.15) is 116 Å². The Morgan fingerprint density at radius 2 is 1.07 bits per heavy atom. The Bertz CT molecular complexity index is 2060. The Hall–Kier alpha value is -4.26. The van der Waals surface area contributed by atoms with E-state index >= 15 is 0 Å². The normalized spacial score (nSPS) is 34.9. The molecule has 0 aromatic heterocycles. The van der Waals surface area contributed by atoms with Crippen molar-refractivity contribution in [2.75, 3.05) is 4.90 Å². The van der Waals surface area contributed by atoms with Crippen LogP contribution in [0.25, 0.3) is 0 Å². The summed E-state index contributed by atoms with van der Waals surface area (Å²) >= 11 is 0. The van der Waals surface area contributed by atoms with E-state index < -0.39 is 0 Å². The Balaban J connectivity index is 0.783. The summed E-state index contributed by atoms with van der Waals surface area (Å²) < 4.78 is 7.18. The minimum absolute atomic E-state index is 0.0956. The SMILES string of the molecule is c1ccc(C2CCC3C(C2)c2ccccc2N3c2cccc(C3CCC4C(C3)OC3CC(C5NC(c6ccccc6)NC(c6ccccc6)N5)CCC34)c2)cc1. The van der Waals surface area contributed by atoms with E-state index in [-0.39, 0.29) is 18.5 Å². The van der Waals surface area contributed by atoms with Gasteiger partial charge in [-0.25, -0.2) is 0 Å². The molecule has 2 saturated heterocycles. The van der Waals surface area contributed by atoms with E-state index in [4.69, 9.17) is 4.74 Å². The summed E-state index contributed by atoms with van der Waals surface area (Å²) in [5, 5.41) is 11.8. The first-order valence-corrected chi connectivity index (χ1v) is 21.8. The number of fused-ring (bicyclic) bond motifs is 6. The van der Waals surface area contributed by atoms with E-state index in [0.717, 1.165) is 12.8 Å². The van der Waals surface area contributed by atoms with Crippen LogP contribution in [0, 0.1) is 17.8 Å². The topological polar surface area (TPSA) is 48.6 Å². The molecule has 5 fully saturated rings. The Kier molecular flexibility index (Phi) is 9.31. The molecule has 11 unspecified atom stereocenters. The largest absolute Gasteiger partial charge is 0.374 e. The summed E-state index contributed by atoms with van der Waals surface area (Å²) in [5.41, 5.74) is 9.96. The number of nitrogens with zero attached hydrogens (tertiary/aromatic N) is 1. The number of anilines is 2. The molecule has 56 heavy (non-hydrogen) atoms. The van der Waals surface area contributed by atoms with Crippen LogP contribution >= 0.6 is 0 Å². The van der Waals surface area contributed by atoms with Gasteiger partial charge in [-0.15, -0.1) is 0 Å². The number of benzene rings is 5. The predicted molar refractivity (Wildman–Crippen MR) is 226 cm³/mol. The van der Waals surface area contributed by atoms with Gasteiger partial charge in [0.1, 0.15) is 0 Å². The van der Waals surface area contributed by atoms with E-state index in [1.165, 1.54) is 78.6 Å². The van der Waals surface area contributed by atoms with Gasteiger partial charge in [-0.1, -0.05) is 121 Å². The molecule has 3 aliphatic heterocycles. The number of ether oxygens (including phenoxy) is 1. The zero-order valence-corrected chi connectivity index (χ0v) is 32.4. The monoisotopic (exact) mass is 740 g/mol. The van der Waals surface area contributed by atoms with Gasteiger partial charge in [0, 0.05) is 23.3 Å². The zero-order chi connectivity index (χ0) is 37.0. The molecule has 3 N–H and O–H groups in total. The van der Waals surface area contributed by atoms with Crippen LogP contribution < -0.4 is 20.9 Å². The van der Waals surface area contributed by atoms with Crippen LogP contribution in [-0.4, -0.2) is 24.4 Å². The van der Waals surface area contributed by atoms with Crippen molar-refractivity contribution in [1.29, 1.82) is 0 Å². The van der Waals surface area contributed by atoms with E-state index in [1.54, 1.807) is 5.56 Å². The van der Waals surface area contributed by atoms with Crippen molar-refractivity contribution in [3.63, 3.8) is 0 Å². The highest BCUT2D eigenvalue weighted by molar-refractivity contribution is 5.73. The first kappa shape index (κ1) is 34.9. The molecule has 3 saturated carbocycles. The quantitative estimate of drug-likeness (QED) is 0.162. The molecule has 5 aromatic carbocycles. The number of para-hydroxylation sites is 1. The second-order valence-electron chi connectivity index (χ2n) is 17.9. The van der Waals surface area contributed by atoms with Crippen molar-refractivity contribution in [3.8, 4) is 0 Å². The van der Waals surface area contributed by atoms with Crippen LogP contribution in [0.4, 0.5) is 11.4 Å². The molecule has 6 aliphatic rings. The van der Waals surface area contributed by atoms with Gasteiger partial charge in [0.05, 0.1) is 30.7 Å². The Morgan fingerprint density at radius 1 is 0.482 bits per heavy atom. The summed E-state index contributed by atoms with van der Waals surface area (Å²) in [5.74, 6) is 3.70. The van der Waals surface area contributed by atoms with Crippen LogP contribution in [0.3, 0.4) is 0 Å². The molecule has 5 heteroatoms. The fourth-order valence-electron chi connectivity index (χ4n) is 12.4. The summed E-state index contributed by atoms with van der Waals surface area (Å²) in [6, 6.07) is 52.5. The van der Waals surface area contributed by atoms with Crippen LogP contribution in [-0.2, 0) is 4.74 Å². The lowest BCUT2D eigenvalue weighted by Gasteiger charge is -2.45. The lowest BCUT2D eigenvalue weighted by Crippen LogP contribution is -2.62. The average Bonchev–Trinajstić information content (AvgIpc) is 3.82. The third-order valence-corrected chi connectivity index (χ3v) is 15.0. The summed E-state index contributed by atoms with van der Waals surface area (Å²) in [6.45, 7) is 0. The van der Waals surface area contributed by atoms with Crippen molar-refractivity contribution in [2.45, 2.75) is 112 Å². The minimum atomic E-state index is 0.0956. The molecule has 11 rings (SSSR count). The number of rotatable bonds is 6. The molecule has 3 heterocycles. The molecule has 0 amide bonds. The second-order valence-corrected chi connectivity index (χ2v) is 17.9. The summed E-state index contributed by atoms with van der Waals surface area (Å²) in [4.78, 5) is 2.73. The Morgan fingerprint density at radius 3 is 1.80 bits per heavy atom. The predicted octanol–water partition coefficient (Wildman–Crippen LogP) is 10.8. The second kappa shape index (κ2) is 14.9. The van der Waals surface area contributed by atoms with Gasteiger partial charge in [-0.05, 0) is 133 Å². The molecular weight excluding hydrogens is 685 g/mol. The smallest absolute Gasteiger partial charge is 0.0862 e. The van der Waals surface area contributed by atoms with Crippen LogP contribution in [0.2, 0.25) is 0 Å². The van der Waals surface area contributed by atoms with Gasteiger partial charge in [0.2, 0.25) is 0 Å². The lowest BCUT2D eigenvalue weighted by atomic mass is 9.68. The molecule has 0 spiro atoms. The van der Waals surface area contributed by atoms with Crippen LogP contribution in [0.5, 0.6) is 0 Å².